The van der Waals surface area contributed by atoms with Crippen LogP contribution in [0.25, 0.3) is 18.3 Å². The zero-order valence-electron chi connectivity index (χ0n) is 14.1. The summed E-state index contributed by atoms with van der Waals surface area (Å²) in [7, 11) is 1.29. The lowest BCUT2D eigenvalue weighted by molar-refractivity contribution is -0.386. The summed E-state index contributed by atoms with van der Waals surface area (Å²) >= 11 is 2.17. The first-order valence-corrected chi connectivity index (χ1v) is 8.72. The van der Waals surface area contributed by atoms with Gasteiger partial charge in [-0.1, -0.05) is 6.58 Å². The third-order valence-electron chi connectivity index (χ3n) is 3.89. The number of nitro groups is 1. The molecular weight excluding hydrogens is 465 g/mol. The zero-order chi connectivity index (χ0) is 19.7. The topological polar surface area (TPSA) is 110 Å². The first-order chi connectivity index (χ1) is 12.8. The SMILES string of the molecule is C=c1[nH]n(-c2ccc(I)cc2)c(=O)/c1=C\c1cc(OC)c(O)c([N+](=O)[O-])c1. The Hall–Kier alpha value is -3.08. The number of ether oxygens (including phenoxy) is 1. The minimum absolute atomic E-state index is 0.0606. The average Bonchev–Trinajstić information content (AvgIpc) is 2.91. The van der Waals surface area contributed by atoms with E-state index in [4.69, 9.17) is 4.74 Å². The number of nitro benzene ring substituents is 1. The highest BCUT2D eigenvalue weighted by Crippen LogP contribution is 2.36. The van der Waals surface area contributed by atoms with Gasteiger partial charge in [0.05, 0.1) is 28.3 Å². The number of rotatable bonds is 4. The molecule has 0 aliphatic heterocycles. The van der Waals surface area contributed by atoms with E-state index >= 15 is 0 Å². The second kappa shape index (κ2) is 7.27. The second-order valence-electron chi connectivity index (χ2n) is 5.61. The van der Waals surface area contributed by atoms with Gasteiger partial charge in [-0.3, -0.25) is 20.0 Å². The summed E-state index contributed by atoms with van der Waals surface area (Å²) in [5.41, 5.74) is 0.0990. The number of H-pyrrole nitrogens is 1. The standard InChI is InChI=1S/C18H14IN3O5/c1-10-14(18(24)21(20-10)13-5-3-12(19)4-6-13)7-11-8-15(22(25)26)17(23)16(9-11)27-2/h3-9,20,23H,1H2,2H3/b14-7-. The minimum Gasteiger partial charge on any atom is -0.500 e. The molecule has 0 fully saturated rings. The number of benzene rings is 2. The molecule has 3 rings (SSSR count). The number of phenolic OH excluding ortho intramolecular Hbond substituents is 1. The van der Waals surface area contributed by atoms with Gasteiger partial charge in [-0.05, 0) is 64.6 Å². The maximum atomic E-state index is 12.8. The zero-order valence-corrected chi connectivity index (χ0v) is 16.3. The number of hydrogen-bond donors (Lipinski definition) is 2. The highest BCUT2D eigenvalue weighted by molar-refractivity contribution is 14.1. The van der Waals surface area contributed by atoms with Crippen molar-refractivity contribution in [1.82, 2.24) is 9.78 Å². The van der Waals surface area contributed by atoms with Crippen LogP contribution in [0.1, 0.15) is 5.56 Å². The van der Waals surface area contributed by atoms with Gasteiger partial charge in [0, 0.05) is 9.64 Å². The van der Waals surface area contributed by atoms with Crippen molar-refractivity contribution in [1.29, 1.82) is 0 Å². The lowest BCUT2D eigenvalue weighted by Gasteiger charge is -2.05. The van der Waals surface area contributed by atoms with Crippen LogP contribution in [-0.4, -0.2) is 26.9 Å². The number of nitrogens with one attached hydrogen (secondary N) is 1. The molecule has 0 unspecified atom stereocenters. The molecule has 0 radical (unpaired) electrons. The Balaban J connectivity index is 2.21. The molecule has 138 valence electrons. The van der Waals surface area contributed by atoms with E-state index in [0.717, 1.165) is 3.57 Å². The Kier molecular flexibility index (Phi) is 5.04. The van der Waals surface area contributed by atoms with Crippen LogP contribution in [0, 0.1) is 13.7 Å². The van der Waals surface area contributed by atoms with Crippen LogP contribution >= 0.6 is 22.6 Å². The third-order valence-corrected chi connectivity index (χ3v) is 4.61. The first kappa shape index (κ1) is 18.7. The number of hydrogen-bond acceptors (Lipinski definition) is 5. The molecule has 2 aromatic carbocycles. The van der Waals surface area contributed by atoms with E-state index in [-0.39, 0.29) is 16.5 Å². The van der Waals surface area contributed by atoms with E-state index in [1.807, 2.05) is 12.1 Å². The number of nitrogens with zero attached hydrogens (tertiary/aromatic N) is 2. The maximum Gasteiger partial charge on any atom is 0.315 e. The van der Waals surface area contributed by atoms with Gasteiger partial charge < -0.3 is 9.84 Å². The van der Waals surface area contributed by atoms with Crippen LogP contribution in [0.5, 0.6) is 11.5 Å². The molecule has 2 N–H and O–H groups in total. The van der Waals surface area contributed by atoms with Crippen molar-refractivity contribution in [3.8, 4) is 17.2 Å². The van der Waals surface area contributed by atoms with E-state index in [1.54, 1.807) is 12.1 Å². The Labute approximate surface area is 166 Å². The van der Waals surface area contributed by atoms with Crippen LogP contribution in [0.3, 0.4) is 0 Å². The van der Waals surface area contributed by atoms with E-state index in [9.17, 15) is 20.0 Å². The summed E-state index contributed by atoms with van der Waals surface area (Å²) in [6.45, 7) is 3.84. The molecule has 1 aromatic heterocycles. The summed E-state index contributed by atoms with van der Waals surface area (Å²) in [4.78, 5) is 23.2. The number of aromatic nitrogens is 2. The fourth-order valence-corrected chi connectivity index (χ4v) is 2.93. The lowest BCUT2D eigenvalue weighted by Crippen LogP contribution is -2.33. The van der Waals surface area contributed by atoms with Gasteiger partial charge in [0.15, 0.2) is 5.75 Å². The van der Waals surface area contributed by atoms with Gasteiger partial charge in [-0.25, -0.2) is 4.68 Å². The summed E-state index contributed by atoms with van der Waals surface area (Å²) < 4.78 is 7.35. The molecule has 0 spiro atoms. The van der Waals surface area contributed by atoms with E-state index in [1.165, 1.54) is 30.0 Å². The molecule has 0 saturated carbocycles. The Morgan fingerprint density at radius 2 is 2.00 bits per heavy atom. The van der Waals surface area contributed by atoms with Crippen LogP contribution in [0.2, 0.25) is 0 Å². The second-order valence-corrected chi connectivity index (χ2v) is 6.86. The highest BCUT2D eigenvalue weighted by Gasteiger charge is 2.19. The smallest absolute Gasteiger partial charge is 0.315 e. The average molecular weight is 479 g/mol. The normalized spacial score (nSPS) is 11.6. The highest BCUT2D eigenvalue weighted by atomic mass is 127. The van der Waals surface area contributed by atoms with Gasteiger partial charge >= 0.3 is 5.69 Å². The third kappa shape index (κ3) is 3.58. The molecule has 0 atom stereocenters. The van der Waals surface area contributed by atoms with Crippen LogP contribution in [0.4, 0.5) is 5.69 Å². The van der Waals surface area contributed by atoms with Crippen molar-refractivity contribution in [2.24, 2.45) is 0 Å². The molecule has 9 heteroatoms. The maximum absolute atomic E-state index is 12.8. The quantitative estimate of drug-likeness (QED) is 0.336. The van der Waals surface area contributed by atoms with Crippen molar-refractivity contribution in [2.45, 2.75) is 0 Å². The molecule has 27 heavy (non-hydrogen) atoms. The number of aromatic hydroxyl groups is 1. The van der Waals surface area contributed by atoms with E-state index < -0.39 is 16.4 Å². The van der Waals surface area contributed by atoms with Gasteiger partial charge in [0.2, 0.25) is 5.75 Å². The van der Waals surface area contributed by atoms with Crippen molar-refractivity contribution in [3.63, 3.8) is 0 Å². The largest absolute Gasteiger partial charge is 0.500 e. The van der Waals surface area contributed by atoms with Crippen molar-refractivity contribution in [2.75, 3.05) is 7.11 Å². The van der Waals surface area contributed by atoms with Gasteiger partial charge in [-0.2, -0.15) is 0 Å². The first-order valence-electron chi connectivity index (χ1n) is 7.65. The Morgan fingerprint density at radius 3 is 2.59 bits per heavy atom. The minimum atomic E-state index is -0.721. The van der Waals surface area contributed by atoms with Crippen LogP contribution < -0.4 is 20.9 Å². The molecule has 0 bridgehead atoms. The number of aromatic amines is 1. The number of halogens is 1. The van der Waals surface area contributed by atoms with Gasteiger partial charge in [0.25, 0.3) is 5.56 Å². The summed E-state index contributed by atoms with van der Waals surface area (Å²) in [6, 6.07) is 9.88. The van der Waals surface area contributed by atoms with Crippen LogP contribution in [0.15, 0.2) is 41.2 Å². The van der Waals surface area contributed by atoms with Crippen LogP contribution in [-0.2, 0) is 0 Å². The summed E-state index contributed by atoms with van der Waals surface area (Å²) in [6.07, 6.45) is 1.46. The van der Waals surface area contributed by atoms with E-state index in [0.29, 0.717) is 16.6 Å². The van der Waals surface area contributed by atoms with E-state index in [2.05, 4.69) is 34.3 Å². The predicted octanol–water partition coefficient (Wildman–Crippen LogP) is 1.63. The fourth-order valence-electron chi connectivity index (χ4n) is 2.57. The van der Waals surface area contributed by atoms with Crippen molar-refractivity contribution < 1.29 is 14.8 Å². The summed E-state index contributed by atoms with van der Waals surface area (Å²) in [5, 5.41) is 24.5. The van der Waals surface area contributed by atoms with Crippen molar-refractivity contribution >= 4 is 40.9 Å². The molecule has 0 aliphatic rings. The Bertz CT molecular complexity index is 1200. The van der Waals surface area contributed by atoms with Gasteiger partial charge in [-0.15, -0.1) is 0 Å². The molecule has 3 aromatic rings. The molecule has 0 saturated heterocycles. The molecule has 8 nitrogen and oxygen atoms in total. The molecule has 0 amide bonds. The number of methoxy groups -OCH3 is 1. The number of phenols is 1. The fraction of sp³-hybridized carbons (Fsp3) is 0.0556. The molecule has 0 aliphatic carbocycles. The predicted molar refractivity (Wildman–Crippen MR) is 109 cm³/mol. The monoisotopic (exact) mass is 479 g/mol. The molecule has 1 heterocycles. The summed E-state index contributed by atoms with van der Waals surface area (Å²) in [5.74, 6) is -0.630. The Morgan fingerprint density at radius 1 is 1.33 bits per heavy atom. The van der Waals surface area contributed by atoms with Crippen molar-refractivity contribution in [3.05, 3.63) is 76.6 Å². The van der Waals surface area contributed by atoms with Gasteiger partial charge in [0.1, 0.15) is 0 Å². The lowest BCUT2D eigenvalue weighted by atomic mass is 10.1. The molecular formula is C18H14IN3O5.